The van der Waals surface area contributed by atoms with Crippen LogP contribution in [0.4, 0.5) is 4.79 Å². The van der Waals surface area contributed by atoms with Gasteiger partial charge in [0.15, 0.2) is 0 Å². The number of aromatic amines is 1. The first-order valence-corrected chi connectivity index (χ1v) is 5.33. The summed E-state index contributed by atoms with van der Waals surface area (Å²) in [4.78, 5) is 39.4. The Labute approximate surface area is 108 Å². The fourth-order valence-electron chi connectivity index (χ4n) is 1.25. The lowest BCUT2D eigenvalue weighted by Gasteiger charge is -2.13. The van der Waals surface area contributed by atoms with Gasteiger partial charge in [0, 0.05) is 12.5 Å². The van der Waals surface area contributed by atoms with Crippen LogP contribution in [0.3, 0.4) is 0 Å². The summed E-state index contributed by atoms with van der Waals surface area (Å²) in [6.07, 6.45) is 1.51. The van der Waals surface area contributed by atoms with Crippen LogP contribution in [0, 0.1) is 0 Å². The van der Waals surface area contributed by atoms with Gasteiger partial charge >= 0.3 is 12.1 Å². The number of nitrogens with one attached hydrogen (secondary N) is 2. The van der Waals surface area contributed by atoms with Gasteiger partial charge in [-0.2, -0.15) is 0 Å². The van der Waals surface area contributed by atoms with Crippen molar-refractivity contribution in [3.8, 4) is 0 Å². The highest BCUT2D eigenvalue weighted by atomic mass is 16.5. The van der Waals surface area contributed by atoms with Gasteiger partial charge in [-0.3, -0.25) is 4.79 Å². The summed E-state index contributed by atoms with van der Waals surface area (Å²) in [6.45, 7) is 3.33. The lowest BCUT2D eigenvalue weighted by molar-refractivity contribution is -0.139. The van der Waals surface area contributed by atoms with Crippen LogP contribution in [0.15, 0.2) is 29.8 Å². The van der Waals surface area contributed by atoms with Crippen LogP contribution in [0.25, 0.3) is 0 Å². The molecule has 1 aromatic heterocycles. The summed E-state index contributed by atoms with van der Waals surface area (Å²) in [7, 11) is 0. The van der Waals surface area contributed by atoms with Gasteiger partial charge < -0.3 is 20.1 Å². The third-order valence-electron chi connectivity index (χ3n) is 2.07. The molecule has 1 unspecified atom stereocenters. The van der Waals surface area contributed by atoms with Crippen LogP contribution in [0.2, 0.25) is 0 Å². The minimum Gasteiger partial charge on any atom is -0.480 e. The summed E-state index contributed by atoms with van der Waals surface area (Å²) in [5.74, 6) is -1.25. The maximum atomic E-state index is 11.2. The van der Waals surface area contributed by atoms with E-state index in [4.69, 9.17) is 5.11 Å². The Hall–Kier alpha value is -2.64. The maximum Gasteiger partial charge on any atom is 0.408 e. The number of ether oxygens (including phenoxy) is 1. The molecule has 3 N–H and O–H groups in total. The van der Waals surface area contributed by atoms with Crippen molar-refractivity contribution in [3.63, 3.8) is 0 Å². The molecule has 0 aliphatic heterocycles. The predicted molar refractivity (Wildman–Crippen MR) is 64.7 cm³/mol. The van der Waals surface area contributed by atoms with Gasteiger partial charge in [-0.05, 0) is 0 Å². The molecule has 1 amide bonds. The SMILES string of the molecule is C=CCOC(=O)NC(Cc1cc(=O)[nH]cn1)C(=O)O. The number of carboxylic acids is 1. The highest BCUT2D eigenvalue weighted by Gasteiger charge is 2.21. The standard InChI is InChI=1S/C11H13N3O5/c1-2-3-19-11(18)14-8(10(16)17)4-7-5-9(15)13-6-12-7/h2,5-6,8H,1,3-4H2,(H,14,18)(H,16,17)(H,12,13,15). The second-order valence-corrected chi connectivity index (χ2v) is 3.53. The van der Waals surface area contributed by atoms with Crippen molar-refractivity contribution in [1.82, 2.24) is 15.3 Å². The summed E-state index contributed by atoms with van der Waals surface area (Å²) >= 11 is 0. The number of aliphatic carboxylic acids is 1. The van der Waals surface area contributed by atoms with E-state index in [9.17, 15) is 14.4 Å². The number of rotatable bonds is 6. The minimum absolute atomic E-state index is 0.0264. The van der Waals surface area contributed by atoms with Crippen molar-refractivity contribution < 1.29 is 19.4 Å². The van der Waals surface area contributed by atoms with E-state index >= 15 is 0 Å². The largest absolute Gasteiger partial charge is 0.480 e. The van der Waals surface area contributed by atoms with Gasteiger partial charge in [-0.1, -0.05) is 12.7 Å². The Morgan fingerprint density at radius 1 is 1.63 bits per heavy atom. The number of carbonyl (C=O) groups is 2. The average Bonchev–Trinajstić information content (AvgIpc) is 2.35. The molecule has 0 radical (unpaired) electrons. The lowest BCUT2D eigenvalue weighted by atomic mass is 10.1. The first-order chi connectivity index (χ1) is 9.02. The van der Waals surface area contributed by atoms with Crippen molar-refractivity contribution in [2.24, 2.45) is 0 Å². The number of amides is 1. The van der Waals surface area contributed by atoms with E-state index in [0.717, 1.165) is 12.4 Å². The summed E-state index contributed by atoms with van der Waals surface area (Å²) in [5.41, 5.74) is -0.149. The molecule has 1 rings (SSSR count). The Morgan fingerprint density at radius 2 is 2.37 bits per heavy atom. The first-order valence-electron chi connectivity index (χ1n) is 5.33. The molecular formula is C11H13N3O5. The fraction of sp³-hybridized carbons (Fsp3) is 0.273. The van der Waals surface area contributed by atoms with Crippen LogP contribution in [0.1, 0.15) is 5.69 Å². The van der Waals surface area contributed by atoms with E-state index in [2.05, 4.69) is 26.6 Å². The number of hydrogen-bond acceptors (Lipinski definition) is 5. The number of H-pyrrole nitrogens is 1. The molecule has 102 valence electrons. The molecule has 0 saturated heterocycles. The van der Waals surface area contributed by atoms with E-state index in [1.807, 2.05) is 0 Å². The molecule has 1 atom stereocenters. The molecule has 8 heteroatoms. The Morgan fingerprint density at radius 3 is 2.95 bits per heavy atom. The molecule has 1 heterocycles. The normalized spacial score (nSPS) is 11.4. The van der Waals surface area contributed by atoms with Crippen LogP contribution < -0.4 is 10.9 Å². The average molecular weight is 267 g/mol. The third kappa shape index (κ3) is 5.02. The maximum absolute atomic E-state index is 11.2. The van der Waals surface area contributed by atoms with E-state index in [1.165, 1.54) is 6.08 Å². The van der Waals surface area contributed by atoms with Crippen LogP contribution in [-0.4, -0.2) is 39.8 Å². The molecular weight excluding hydrogens is 254 g/mol. The van der Waals surface area contributed by atoms with Gasteiger partial charge in [-0.25, -0.2) is 14.6 Å². The smallest absolute Gasteiger partial charge is 0.408 e. The minimum atomic E-state index is -1.25. The van der Waals surface area contributed by atoms with Gasteiger partial charge in [-0.15, -0.1) is 0 Å². The fourth-order valence-corrected chi connectivity index (χ4v) is 1.25. The third-order valence-corrected chi connectivity index (χ3v) is 2.07. The van der Waals surface area contributed by atoms with Gasteiger partial charge in [0.05, 0.1) is 12.0 Å². The van der Waals surface area contributed by atoms with E-state index < -0.39 is 23.7 Å². The topological polar surface area (TPSA) is 121 Å². The van der Waals surface area contributed by atoms with Gasteiger partial charge in [0.25, 0.3) is 5.56 Å². The molecule has 1 aromatic rings. The summed E-state index contributed by atoms with van der Waals surface area (Å²) in [6, 6.07) is -0.0706. The molecule has 0 spiro atoms. The van der Waals surface area contributed by atoms with E-state index in [-0.39, 0.29) is 18.7 Å². The molecule has 0 aliphatic carbocycles. The van der Waals surface area contributed by atoms with Crippen LogP contribution >= 0.6 is 0 Å². The van der Waals surface area contributed by atoms with Crippen molar-refractivity contribution in [3.05, 3.63) is 41.1 Å². The quantitative estimate of drug-likeness (QED) is 0.607. The van der Waals surface area contributed by atoms with E-state index in [1.54, 1.807) is 0 Å². The van der Waals surface area contributed by atoms with E-state index in [0.29, 0.717) is 0 Å². The number of alkyl carbamates (subject to hydrolysis) is 1. The molecule has 0 aromatic carbocycles. The Bertz CT molecular complexity index is 525. The second kappa shape index (κ2) is 6.94. The van der Waals surface area contributed by atoms with Crippen molar-refractivity contribution in [2.75, 3.05) is 6.61 Å². The number of nitrogens with zero attached hydrogens (tertiary/aromatic N) is 1. The number of hydrogen-bond donors (Lipinski definition) is 3. The predicted octanol–water partition coefficient (Wildman–Crippen LogP) is -0.322. The molecule has 0 fully saturated rings. The zero-order chi connectivity index (χ0) is 14.3. The summed E-state index contributed by atoms with van der Waals surface area (Å²) < 4.78 is 4.61. The summed E-state index contributed by atoms with van der Waals surface area (Å²) in [5, 5.41) is 11.1. The first kappa shape index (κ1) is 14.4. The highest BCUT2D eigenvalue weighted by Crippen LogP contribution is 1.98. The monoisotopic (exact) mass is 267 g/mol. The Kier molecular flexibility index (Phi) is 5.27. The zero-order valence-electron chi connectivity index (χ0n) is 9.96. The van der Waals surface area contributed by atoms with Crippen LogP contribution in [-0.2, 0) is 16.0 Å². The number of carboxylic acid groups (broad SMARTS) is 1. The lowest BCUT2D eigenvalue weighted by Crippen LogP contribution is -2.42. The van der Waals surface area contributed by atoms with Crippen molar-refractivity contribution >= 4 is 12.1 Å². The van der Waals surface area contributed by atoms with Crippen molar-refractivity contribution in [1.29, 1.82) is 0 Å². The van der Waals surface area contributed by atoms with Gasteiger partial charge in [0.1, 0.15) is 12.6 Å². The molecule has 8 nitrogen and oxygen atoms in total. The number of aromatic nitrogens is 2. The molecule has 19 heavy (non-hydrogen) atoms. The molecule has 0 bridgehead atoms. The van der Waals surface area contributed by atoms with Gasteiger partial charge in [0.2, 0.25) is 0 Å². The Balaban J connectivity index is 2.68. The number of carbonyl (C=O) groups excluding carboxylic acids is 1. The van der Waals surface area contributed by atoms with Crippen molar-refractivity contribution in [2.45, 2.75) is 12.5 Å². The molecule has 0 saturated carbocycles. The highest BCUT2D eigenvalue weighted by molar-refractivity contribution is 5.80. The van der Waals surface area contributed by atoms with Crippen LogP contribution in [0.5, 0.6) is 0 Å². The second-order valence-electron chi connectivity index (χ2n) is 3.53. The zero-order valence-corrected chi connectivity index (χ0v) is 9.96. The molecule has 0 aliphatic rings.